The van der Waals surface area contributed by atoms with Gasteiger partial charge in [0.15, 0.2) is 0 Å². The molecule has 0 spiro atoms. The molecule has 1 fully saturated rings. The van der Waals surface area contributed by atoms with Crippen LogP contribution < -0.4 is 24.8 Å². The summed E-state index contributed by atoms with van der Waals surface area (Å²) in [5, 5.41) is 0. The molecule has 0 heterocycles. The summed E-state index contributed by atoms with van der Waals surface area (Å²) >= 11 is 0. The second-order valence-corrected chi connectivity index (χ2v) is 18.9. The monoisotopic (exact) mass is 760 g/mol. The summed E-state index contributed by atoms with van der Waals surface area (Å²) in [7, 11) is 0. The zero-order valence-corrected chi connectivity index (χ0v) is 35.7. The van der Waals surface area contributed by atoms with Crippen molar-refractivity contribution in [3.8, 4) is 11.1 Å². The molecule has 0 bridgehead atoms. The average molecular weight is 763 g/mol. The summed E-state index contributed by atoms with van der Waals surface area (Å²) in [6, 6.07) is 10.7. The van der Waals surface area contributed by atoms with Crippen LogP contribution in [0.25, 0.3) is 11.1 Å². The molecular formula is C45H60Cl2Zr. The fourth-order valence-electron chi connectivity index (χ4n) is 11.2. The van der Waals surface area contributed by atoms with Gasteiger partial charge in [0, 0.05) is 11.3 Å². The van der Waals surface area contributed by atoms with Crippen molar-refractivity contribution >= 4 is 0 Å². The number of benzene rings is 2. The maximum absolute atomic E-state index is 2.80. The summed E-state index contributed by atoms with van der Waals surface area (Å²) in [5.41, 5.74) is 18.3. The largest absolute Gasteiger partial charge is 2.00 e. The number of hydrogen-bond donors (Lipinski definition) is 0. The minimum Gasteiger partial charge on any atom is -1.00 e. The standard InChI is InChI=1S/C45H60.2ClH.Zr/c1-27-21-35-32(25-38(27)43(6,7)8)33-26-39(44(9,10)11)28(2)22-36(33)41(35)45(29-17-13-12-14-18-29)37-20-16-15-19-31(37)34-23-30(24-40(34)45)42(3,4)5;;;/h12-13,21-22,24-26,29,31,37,41H,14-20,23H2,1-11H3;2*1H;/q;;;+2/p-2. The predicted octanol–water partition coefficient (Wildman–Crippen LogP) is 6.85. The number of allylic oxidation sites excluding steroid dienone is 6. The van der Waals surface area contributed by atoms with E-state index in [9.17, 15) is 0 Å². The Labute approximate surface area is 325 Å². The van der Waals surface area contributed by atoms with Gasteiger partial charge in [-0.15, -0.1) is 0 Å². The number of hydrogen-bond acceptors (Lipinski definition) is 0. The molecule has 2 aromatic rings. The maximum atomic E-state index is 2.80. The number of aryl methyl sites for hydroxylation is 2. The average Bonchev–Trinajstić information content (AvgIpc) is 3.60. The van der Waals surface area contributed by atoms with Gasteiger partial charge in [0.25, 0.3) is 0 Å². The molecule has 48 heavy (non-hydrogen) atoms. The van der Waals surface area contributed by atoms with Crippen molar-refractivity contribution in [3.05, 3.63) is 92.6 Å². The molecule has 0 amide bonds. The molecule has 0 radical (unpaired) electrons. The number of halogens is 2. The first kappa shape index (κ1) is 39.9. The summed E-state index contributed by atoms with van der Waals surface area (Å²) < 4.78 is 0. The van der Waals surface area contributed by atoms with Crippen LogP contribution in [0.5, 0.6) is 0 Å². The van der Waals surface area contributed by atoms with Gasteiger partial charge < -0.3 is 24.8 Å². The zero-order chi connectivity index (χ0) is 32.3. The van der Waals surface area contributed by atoms with Crippen LogP contribution in [0.15, 0.2) is 59.2 Å². The first-order chi connectivity index (χ1) is 21.0. The van der Waals surface area contributed by atoms with Crippen LogP contribution >= 0.6 is 0 Å². The van der Waals surface area contributed by atoms with Gasteiger partial charge in [0.05, 0.1) is 0 Å². The van der Waals surface area contributed by atoms with E-state index in [-0.39, 0.29) is 72.7 Å². The smallest absolute Gasteiger partial charge is 1.00 e. The van der Waals surface area contributed by atoms with Gasteiger partial charge in [-0.25, -0.2) is 0 Å². The Bertz CT molecular complexity index is 1580. The second-order valence-electron chi connectivity index (χ2n) is 18.9. The van der Waals surface area contributed by atoms with E-state index in [2.05, 4.69) is 119 Å². The van der Waals surface area contributed by atoms with E-state index >= 15 is 0 Å². The molecule has 4 atom stereocenters. The molecule has 4 unspecified atom stereocenters. The molecule has 1 saturated carbocycles. The van der Waals surface area contributed by atoms with E-state index in [1.807, 2.05) is 11.1 Å². The normalized spacial score (nSPS) is 26.5. The number of fused-ring (bicyclic) bond motifs is 5. The Kier molecular flexibility index (Phi) is 11.3. The van der Waals surface area contributed by atoms with Gasteiger partial charge in [0.2, 0.25) is 0 Å². The van der Waals surface area contributed by atoms with E-state index < -0.39 is 0 Å². The van der Waals surface area contributed by atoms with Crippen molar-refractivity contribution in [2.45, 2.75) is 144 Å². The van der Waals surface area contributed by atoms with Crippen molar-refractivity contribution in [3.63, 3.8) is 0 Å². The SMILES string of the molecule is Cc1cc2c(cc1C(C)(C)C)-c1cc(C(C)(C)C)c(C)cc1C2C1(C2CC=CCC2)C2=C(CC(C(C)(C)C)=C2)C2CCCCC21.[Cl-].[Cl-].[Zr+2]. The molecular weight excluding hydrogens is 703 g/mol. The maximum Gasteiger partial charge on any atom is 2.00 e. The summed E-state index contributed by atoms with van der Waals surface area (Å²) in [5.74, 6) is 2.62. The fourth-order valence-corrected chi connectivity index (χ4v) is 11.2. The molecule has 0 aliphatic heterocycles. The van der Waals surface area contributed by atoms with Crippen LogP contribution in [0.1, 0.15) is 153 Å². The first-order valence-corrected chi connectivity index (χ1v) is 18.4. The molecule has 7 rings (SSSR count). The molecule has 2 aromatic carbocycles. The van der Waals surface area contributed by atoms with Crippen LogP contribution in [0.3, 0.4) is 0 Å². The second kappa shape index (κ2) is 13.6. The van der Waals surface area contributed by atoms with Crippen molar-refractivity contribution in [1.82, 2.24) is 0 Å². The van der Waals surface area contributed by atoms with Gasteiger partial charge in [-0.2, -0.15) is 0 Å². The Morgan fingerprint density at radius 1 is 0.667 bits per heavy atom. The Balaban J connectivity index is 0.00000173. The fraction of sp³-hybridized carbons (Fsp3) is 0.600. The summed E-state index contributed by atoms with van der Waals surface area (Å²) in [6.45, 7) is 26.6. The van der Waals surface area contributed by atoms with E-state index in [0.717, 1.165) is 11.8 Å². The Hall–Kier alpha value is -0.877. The third-order valence-electron chi connectivity index (χ3n) is 13.0. The molecule has 0 N–H and O–H groups in total. The number of rotatable bonds is 2. The third-order valence-corrected chi connectivity index (χ3v) is 13.0. The molecule has 258 valence electrons. The predicted molar refractivity (Wildman–Crippen MR) is 194 cm³/mol. The third kappa shape index (κ3) is 6.09. The van der Waals surface area contributed by atoms with Crippen LogP contribution in [-0.2, 0) is 37.0 Å². The van der Waals surface area contributed by atoms with Gasteiger partial charge in [-0.1, -0.05) is 129 Å². The topological polar surface area (TPSA) is 0 Å². The molecule has 0 nitrogen and oxygen atoms in total. The van der Waals surface area contributed by atoms with Crippen molar-refractivity contribution in [2.24, 2.45) is 28.6 Å². The van der Waals surface area contributed by atoms with Gasteiger partial charge >= 0.3 is 26.2 Å². The van der Waals surface area contributed by atoms with Crippen LogP contribution in [-0.4, -0.2) is 0 Å². The minimum absolute atomic E-state index is 0. The van der Waals surface area contributed by atoms with Crippen molar-refractivity contribution in [2.75, 3.05) is 0 Å². The van der Waals surface area contributed by atoms with E-state index in [1.54, 1.807) is 27.8 Å². The zero-order valence-electron chi connectivity index (χ0n) is 31.8. The van der Waals surface area contributed by atoms with Crippen LogP contribution in [0.4, 0.5) is 0 Å². The molecule has 0 saturated heterocycles. The van der Waals surface area contributed by atoms with Crippen molar-refractivity contribution in [1.29, 1.82) is 0 Å². The first-order valence-electron chi connectivity index (χ1n) is 18.4. The van der Waals surface area contributed by atoms with E-state index in [1.165, 1.54) is 73.6 Å². The van der Waals surface area contributed by atoms with E-state index in [4.69, 9.17) is 0 Å². The van der Waals surface area contributed by atoms with Crippen LogP contribution in [0, 0.1) is 42.4 Å². The molecule has 5 aliphatic carbocycles. The minimum atomic E-state index is 0. The summed E-state index contributed by atoms with van der Waals surface area (Å²) in [4.78, 5) is 0. The Morgan fingerprint density at radius 2 is 1.21 bits per heavy atom. The molecule has 5 aliphatic rings. The summed E-state index contributed by atoms with van der Waals surface area (Å²) in [6.07, 6.45) is 18.5. The molecule has 0 aromatic heterocycles. The van der Waals surface area contributed by atoms with Gasteiger partial charge in [0.1, 0.15) is 0 Å². The van der Waals surface area contributed by atoms with E-state index in [0.29, 0.717) is 11.8 Å². The van der Waals surface area contributed by atoms with Crippen molar-refractivity contribution < 1.29 is 51.0 Å². The Morgan fingerprint density at radius 3 is 1.69 bits per heavy atom. The quantitative estimate of drug-likeness (QED) is 0.294. The van der Waals surface area contributed by atoms with Gasteiger partial charge in [-0.3, -0.25) is 0 Å². The molecule has 3 heteroatoms. The van der Waals surface area contributed by atoms with Crippen LogP contribution in [0.2, 0.25) is 0 Å². The van der Waals surface area contributed by atoms with Gasteiger partial charge in [-0.05, 0) is 136 Å².